The van der Waals surface area contributed by atoms with E-state index in [-0.39, 0.29) is 11.5 Å². The van der Waals surface area contributed by atoms with Gasteiger partial charge in [0, 0.05) is 23.3 Å². The molecule has 3 aromatic rings. The molecule has 0 aliphatic rings. The summed E-state index contributed by atoms with van der Waals surface area (Å²) in [6.45, 7) is 3.93. The first-order valence-corrected chi connectivity index (χ1v) is 7.60. The maximum absolute atomic E-state index is 14.4. The highest BCUT2D eigenvalue weighted by atomic mass is 19.1. The van der Waals surface area contributed by atoms with Gasteiger partial charge in [-0.15, -0.1) is 0 Å². The summed E-state index contributed by atoms with van der Waals surface area (Å²) in [6.07, 6.45) is 3.02. The van der Waals surface area contributed by atoms with Gasteiger partial charge in [0.1, 0.15) is 17.3 Å². The molecule has 0 aliphatic carbocycles. The Morgan fingerprint density at radius 3 is 2.56 bits per heavy atom. The highest BCUT2D eigenvalue weighted by molar-refractivity contribution is 6.16. The van der Waals surface area contributed by atoms with Crippen molar-refractivity contribution < 1.29 is 18.4 Å². The van der Waals surface area contributed by atoms with Crippen LogP contribution in [0.5, 0.6) is 0 Å². The zero-order valence-corrected chi connectivity index (χ0v) is 13.6. The number of fused-ring (bicyclic) bond motifs is 1. The molecule has 0 spiro atoms. The van der Waals surface area contributed by atoms with Gasteiger partial charge in [0.15, 0.2) is 0 Å². The van der Waals surface area contributed by atoms with Gasteiger partial charge in [0.25, 0.3) is 5.91 Å². The normalized spacial score (nSPS) is 11.2. The fourth-order valence-corrected chi connectivity index (χ4v) is 2.61. The van der Waals surface area contributed by atoms with E-state index in [1.807, 2.05) is 13.8 Å². The van der Waals surface area contributed by atoms with E-state index >= 15 is 0 Å². The van der Waals surface area contributed by atoms with Crippen LogP contribution in [0.25, 0.3) is 11.0 Å². The maximum Gasteiger partial charge on any atom is 0.251 e. The van der Waals surface area contributed by atoms with Crippen molar-refractivity contribution in [3.63, 3.8) is 0 Å². The van der Waals surface area contributed by atoms with Crippen LogP contribution >= 0.6 is 0 Å². The van der Waals surface area contributed by atoms with Crippen LogP contribution in [0.3, 0.4) is 0 Å². The highest BCUT2D eigenvalue weighted by Gasteiger charge is 2.25. The van der Waals surface area contributed by atoms with Gasteiger partial charge in [0.05, 0.1) is 11.1 Å². The summed E-state index contributed by atoms with van der Waals surface area (Å²) in [6, 6.07) is 3.52. The Morgan fingerprint density at radius 1 is 1.20 bits per heavy atom. The summed E-state index contributed by atoms with van der Waals surface area (Å²) in [5, 5.41) is 0.458. The minimum atomic E-state index is -1.26. The van der Waals surface area contributed by atoms with E-state index in [9.17, 15) is 18.4 Å². The monoisotopic (exact) mass is 343 g/mol. The molecule has 0 radical (unpaired) electrons. The van der Waals surface area contributed by atoms with E-state index in [1.165, 1.54) is 6.20 Å². The van der Waals surface area contributed by atoms with Crippen molar-refractivity contribution in [1.82, 2.24) is 9.97 Å². The molecule has 5 nitrogen and oxygen atoms in total. The Morgan fingerprint density at radius 2 is 1.92 bits per heavy atom. The van der Waals surface area contributed by atoms with Crippen LogP contribution in [0.1, 0.15) is 51.6 Å². The van der Waals surface area contributed by atoms with E-state index in [0.717, 1.165) is 17.7 Å². The molecule has 2 heterocycles. The molecule has 0 fully saturated rings. The van der Waals surface area contributed by atoms with Gasteiger partial charge < -0.3 is 10.7 Å². The second-order valence-corrected chi connectivity index (χ2v) is 6.00. The van der Waals surface area contributed by atoms with E-state index in [1.54, 1.807) is 12.3 Å². The second-order valence-electron chi connectivity index (χ2n) is 6.00. The molecule has 0 unspecified atom stereocenters. The molecule has 0 saturated carbocycles. The number of ketones is 1. The quantitative estimate of drug-likeness (QED) is 0.712. The molecule has 0 aliphatic heterocycles. The number of hydrogen-bond acceptors (Lipinski definition) is 3. The van der Waals surface area contributed by atoms with Crippen LogP contribution in [0, 0.1) is 11.6 Å². The Hall–Kier alpha value is -3.09. The number of benzene rings is 1. The number of aromatic nitrogens is 2. The lowest BCUT2D eigenvalue weighted by Crippen LogP contribution is -2.17. The Balaban J connectivity index is 2.20. The molecular formula is C18H15F2N3O2. The topological polar surface area (TPSA) is 88.8 Å². The molecule has 3 rings (SSSR count). The lowest BCUT2D eigenvalue weighted by atomic mass is 9.98. The summed E-state index contributed by atoms with van der Waals surface area (Å²) in [5.74, 6) is -4.11. The van der Waals surface area contributed by atoms with Crippen molar-refractivity contribution in [2.45, 2.75) is 19.8 Å². The molecular weight excluding hydrogens is 328 g/mol. The Bertz CT molecular complexity index is 1010. The number of aromatic amines is 1. The summed E-state index contributed by atoms with van der Waals surface area (Å²) >= 11 is 0. The third-order valence-corrected chi connectivity index (χ3v) is 4.05. The largest absolute Gasteiger partial charge is 0.366 e. The SMILES string of the molecule is CC(C)c1cnc2[nH]cc(C(=O)c3c(F)ccc(C(N)=O)c3F)c2c1. The number of primary amides is 1. The number of rotatable bonds is 4. The number of carbonyl (C=O) groups excluding carboxylic acids is 2. The summed E-state index contributed by atoms with van der Waals surface area (Å²) < 4.78 is 28.6. The van der Waals surface area contributed by atoms with Crippen LogP contribution in [-0.4, -0.2) is 21.7 Å². The molecule has 0 atom stereocenters. The first kappa shape index (κ1) is 16.8. The highest BCUT2D eigenvalue weighted by Crippen LogP contribution is 2.26. The van der Waals surface area contributed by atoms with Crippen molar-refractivity contribution >= 4 is 22.7 Å². The first-order chi connectivity index (χ1) is 11.8. The number of nitrogens with two attached hydrogens (primary N) is 1. The lowest BCUT2D eigenvalue weighted by molar-refractivity contribution is 0.0996. The van der Waals surface area contributed by atoms with E-state index in [4.69, 9.17) is 5.73 Å². The zero-order chi connectivity index (χ0) is 18.3. The van der Waals surface area contributed by atoms with Gasteiger partial charge in [-0.05, 0) is 29.7 Å². The fraction of sp³-hybridized carbons (Fsp3) is 0.167. The molecule has 128 valence electrons. The van der Waals surface area contributed by atoms with Crippen LogP contribution in [0.2, 0.25) is 0 Å². The maximum atomic E-state index is 14.4. The molecule has 7 heteroatoms. The average Bonchev–Trinajstić information content (AvgIpc) is 2.97. The van der Waals surface area contributed by atoms with Crippen molar-refractivity contribution in [2.24, 2.45) is 5.73 Å². The van der Waals surface area contributed by atoms with Crippen molar-refractivity contribution in [3.05, 3.63) is 64.5 Å². The van der Waals surface area contributed by atoms with Gasteiger partial charge >= 0.3 is 0 Å². The Kier molecular flexibility index (Phi) is 4.08. The summed E-state index contributed by atoms with van der Waals surface area (Å²) in [4.78, 5) is 31.0. The van der Waals surface area contributed by atoms with Crippen LogP contribution < -0.4 is 5.73 Å². The third-order valence-electron chi connectivity index (χ3n) is 4.05. The predicted molar refractivity (Wildman–Crippen MR) is 88.5 cm³/mol. The third kappa shape index (κ3) is 2.77. The van der Waals surface area contributed by atoms with Gasteiger partial charge in [-0.1, -0.05) is 13.8 Å². The minimum absolute atomic E-state index is 0.0735. The lowest BCUT2D eigenvalue weighted by Gasteiger charge is -2.08. The molecule has 2 aromatic heterocycles. The number of H-pyrrole nitrogens is 1. The van der Waals surface area contributed by atoms with Crippen LogP contribution in [0.4, 0.5) is 8.78 Å². The number of nitrogens with zero attached hydrogens (tertiary/aromatic N) is 1. The fourth-order valence-electron chi connectivity index (χ4n) is 2.61. The van der Waals surface area contributed by atoms with E-state index < -0.39 is 34.5 Å². The standard InChI is InChI=1S/C18H15F2N3O2/c1-8(2)9-5-11-12(7-23-18(11)22-6-9)16(24)14-13(19)4-3-10(15(14)20)17(21)25/h3-8H,1-2H3,(H2,21,25)(H,22,23). The minimum Gasteiger partial charge on any atom is -0.366 e. The number of amides is 1. The van der Waals surface area contributed by atoms with E-state index in [0.29, 0.717) is 11.0 Å². The molecule has 0 saturated heterocycles. The van der Waals surface area contributed by atoms with Gasteiger partial charge in [0.2, 0.25) is 5.78 Å². The molecule has 1 aromatic carbocycles. The molecule has 1 amide bonds. The van der Waals surface area contributed by atoms with Gasteiger partial charge in [-0.2, -0.15) is 0 Å². The molecule has 0 bridgehead atoms. The summed E-state index contributed by atoms with van der Waals surface area (Å²) in [7, 11) is 0. The first-order valence-electron chi connectivity index (χ1n) is 7.60. The van der Waals surface area contributed by atoms with Crippen molar-refractivity contribution in [3.8, 4) is 0 Å². The van der Waals surface area contributed by atoms with E-state index in [2.05, 4.69) is 9.97 Å². The van der Waals surface area contributed by atoms with Gasteiger partial charge in [-0.3, -0.25) is 9.59 Å². The zero-order valence-electron chi connectivity index (χ0n) is 13.6. The average molecular weight is 343 g/mol. The second kappa shape index (κ2) is 6.08. The Labute approximate surface area is 141 Å². The van der Waals surface area contributed by atoms with Gasteiger partial charge in [-0.25, -0.2) is 13.8 Å². The number of pyridine rings is 1. The predicted octanol–water partition coefficient (Wildman–Crippen LogP) is 3.29. The number of halogens is 2. The number of carbonyl (C=O) groups is 2. The van der Waals surface area contributed by atoms with Crippen LogP contribution in [-0.2, 0) is 0 Å². The molecule has 3 N–H and O–H groups in total. The van der Waals surface area contributed by atoms with Crippen molar-refractivity contribution in [1.29, 1.82) is 0 Å². The van der Waals surface area contributed by atoms with Crippen LogP contribution in [0.15, 0.2) is 30.6 Å². The number of nitrogens with one attached hydrogen (secondary N) is 1. The summed E-state index contributed by atoms with van der Waals surface area (Å²) in [5.41, 5.74) is 5.10. The molecule has 25 heavy (non-hydrogen) atoms. The van der Waals surface area contributed by atoms with Crippen molar-refractivity contribution in [2.75, 3.05) is 0 Å². The number of hydrogen-bond donors (Lipinski definition) is 2. The smallest absolute Gasteiger partial charge is 0.251 e.